The molecule has 2 aromatic rings. The van der Waals surface area contributed by atoms with Crippen molar-refractivity contribution in [3.63, 3.8) is 0 Å². The predicted molar refractivity (Wildman–Crippen MR) is 73.1 cm³/mol. The van der Waals surface area contributed by atoms with Gasteiger partial charge in [0, 0.05) is 24.4 Å². The summed E-state index contributed by atoms with van der Waals surface area (Å²) in [5.74, 6) is 0.234. The Labute approximate surface area is 116 Å². The molecule has 0 spiro atoms. The van der Waals surface area contributed by atoms with Gasteiger partial charge in [-0.3, -0.25) is 0 Å². The number of hydrogen-bond acceptors (Lipinski definition) is 3. The third-order valence-corrected chi connectivity index (χ3v) is 2.78. The molecule has 2 N–H and O–H groups in total. The fraction of sp³-hybridized carbons (Fsp3) is 0.214. The van der Waals surface area contributed by atoms with Crippen molar-refractivity contribution < 1.29 is 9.13 Å². The van der Waals surface area contributed by atoms with E-state index in [0.717, 1.165) is 12.0 Å². The first kappa shape index (κ1) is 13.8. The van der Waals surface area contributed by atoms with Crippen LogP contribution >= 0.6 is 11.6 Å². The van der Waals surface area contributed by atoms with E-state index < -0.39 is 5.82 Å². The maximum absolute atomic E-state index is 13.2. The largest absolute Gasteiger partial charge is 0.439 e. The average molecular weight is 281 g/mol. The number of ether oxygens (including phenoxy) is 1. The molecule has 100 valence electrons. The summed E-state index contributed by atoms with van der Waals surface area (Å²) in [6.07, 6.45) is 2.45. The van der Waals surface area contributed by atoms with E-state index in [2.05, 4.69) is 4.98 Å². The lowest BCUT2D eigenvalue weighted by atomic mass is 10.1. The van der Waals surface area contributed by atoms with Crippen molar-refractivity contribution in [1.82, 2.24) is 4.98 Å². The highest BCUT2D eigenvalue weighted by atomic mass is 35.5. The van der Waals surface area contributed by atoms with Gasteiger partial charge in [0.05, 0.1) is 5.02 Å². The molecule has 0 saturated carbocycles. The molecule has 1 aromatic heterocycles. The minimum absolute atomic E-state index is 0.0626. The molecule has 1 atom stereocenters. The summed E-state index contributed by atoms with van der Waals surface area (Å²) in [7, 11) is 0. The zero-order valence-corrected chi connectivity index (χ0v) is 11.2. The molecule has 19 heavy (non-hydrogen) atoms. The smallest absolute Gasteiger partial charge is 0.219 e. The van der Waals surface area contributed by atoms with E-state index >= 15 is 0 Å². The second-order valence-corrected chi connectivity index (χ2v) is 4.77. The molecule has 1 heterocycles. The number of benzene rings is 1. The van der Waals surface area contributed by atoms with Crippen LogP contribution in [0, 0.1) is 5.82 Å². The molecule has 1 aromatic carbocycles. The van der Waals surface area contributed by atoms with Gasteiger partial charge >= 0.3 is 0 Å². The van der Waals surface area contributed by atoms with Gasteiger partial charge in [-0.1, -0.05) is 17.7 Å². The Kier molecular flexibility index (Phi) is 4.35. The molecule has 0 aliphatic rings. The van der Waals surface area contributed by atoms with Crippen LogP contribution in [0.15, 0.2) is 36.5 Å². The lowest BCUT2D eigenvalue weighted by molar-refractivity contribution is 0.457. The fourth-order valence-electron chi connectivity index (χ4n) is 1.62. The van der Waals surface area contributed by atoms with Crippen molar-refractivity contribution >= 4 is 11.6 Å². The maximum Gasteiger partial charge on any atom is 0.219 e. The highest BCUT2D eigenvalue weighted by Crippen LogP contribution is 2.24. The maximum atomic E-state index is 13.2. The first-order chi connectivity index (χ1) is 9.04. The minimum atomic E-state index is -0.521. The Morgan fingerprint density at radius 2 is 2.16 bits per heavy atom. The summed E-state index contributed by atoms with van der Waals surface area (Å²) < 4.78 is 18.7. The first-order valence-corrected chi connectivity index (χ1v) is 6.26. The minimum Gasteiger partial charge on any atom is -0.439 e. The SMILES string of the molecule is CC(N)Cc1ccc(Oc2ccc(Cl)c(F)c2)nc1. The van der Waals surface area contributed by atoms with Crippen LogP contribution < -0.4 is 10.5 Å². The monoisotopic (exact) mass is 280 g/mol. The van der Waals surface area contributed by atoms with Gasteiger partial charge in [-0.2, -0.15) is 0 Å². The number of hydrogen-bond donors (Lipinski definition) is 1. The lowest BCUT2D eigenvalue weighted by Gasteiger charge is -2.07. The quantitative estimate of drug-likeness (QED) is 0.931. The molecule has 5 heteroatoms. The second-order valence-electron chi connectivity index (χ2n) is 4.36. The Balaban J connectivity index is 2.08. The van der Waals surface area contributed by atoms with Gasteiger partial charge in [0.25, 0.3) is 0 Å². The zero-order chi connectivity index (χ0) is 13.8. The topological polar surface area (TPSA) is 48.1 Å². The van der Waals surface area contributed by atoms with E-state index in [9.17, 15) is 4.39 Å². The summed E-state index contributed by atoms with van der Waals surface area (Å²) in [6.45, 7) is 1.93. The first-order valence-electron chi connectivity index (χ1n) is 5.88. The molecule has 0 aliphatic heterocycles. The molecule has 0 radical (unpaired) electrons. The second kappa shape index (κ2) is 5.99. The van der Waals surface area contributed by atoms with Crippen molar-refractivity contribution in [2.75, 3.05) is 0 Å². The van der Waals surface area contributed by atoms with Gasteiger partial charge in [-0.25, -0.2) is 9.37 Å². The van der Waals surface area contributed by atoms with Crippen LogP contribution in [0.3, 0.4) is 0 Å². The van der Waals surface area contributed by atoms with Crippen LogP contribution in [0.25, 0.3) is 0 Å². The normalized spacial score (nSPS) is 12.2. The molecule has 3 nitrogen and oxygen atoms in total. The Bertz CT molecular complexity index is 558. The van der Waals surface area contributed by atoms with E-state index in [0.29, 0.717) is 11.6 Å². The number of pyridine rings is 1. The van der Waals surface area contributed by atoms with Crippen LogP contribution in [-0.2, 0) is 6.42 Å². The molecule has 0 saturated heterocycles. The van der Waals surface area contributed by atoms with E-state index in [-0.39, 0.29) is 11.1 Å². The van der Waals surface area contributed by atoms with Gasteiger partial charge < -0.3 is 10.5 Å². The molecule has 1 unspecified atom stereocenters. The molecular formula is C14H14ClFN2O. The summed E-state index contributed by atoms with van der Waals surface area (Å²) in [5, 5.41) is 0.0626. The van der Waals surface area contributed by atoms with E-state index in [1.54, 1.807) is 18.3 Å². The zero-order valence-electron chi connectivity index (χ0n) is 10.4. The summed E-state index contributed by atoms with van der Waals surface area (Å²) >= 11 is 5.59. The number of halogens is 2. The van der Waals surface area contributed by atoms with Crippen LogP contribution in [0.1, 0.15) is 12.5 Å². The van der Waals surface area contributed by atoms with Crippen molar-refractivity contribution in [2.24, 2.45) is 5.73 Å². The van der Waals surface area contributed by atoms with E-state index in [4.69, 9.17) is 22.1 Å². The third-order valence-electron chi connectivity index (χ3n) is 2.47. The van der Waals surface area contributed by atoms with E-state index in [1.807, 2.05) is 13.0 Å². The van der Waals surface area contributed by atoms with Crippen LogP contribution in [0.5, 0.6) is 11.6 Å². The molecular weight excluding hydrogens is 267 g/mol. The van der Waals surface area contributed by atoms with Crippen LogP contribution in [0.2, 0.25) is 5.02 Å². The van der Waals surface area contributed by atoms with E-state index in [1.165, 1.54) is 12.1 Å². The fourth-order valence-corrected chi connectivity index (χ4v) is 1.74. The summed E-state index contributed by atoms with van der Waals surface area (Å²) in [6, 6.07) is 7.95. The summed E-state index contributed by atoms with van der Waals surface area (Å²) in [5.41, 5.74) is 6.74. The van der Waals surface area contributed by atoms with Gasteiger partial charge in [-0.05, 0) is 31.0 Å². The average Bonchev–Trinajstić information content (AvgIpc) is 2.36. The van der Waals surface area contributed by atoms with Crippen LogP contribution in [-0.4, -0.2) is 11.0 Å². The number of aromatic nitrogens is 1. The third kappa shape index (κ3) is 3.91. The van der Waals surface area contributed by atoms with Gasteiger partial charge in [-0.15, -0.1) is 0 Å². The highest BCUT2D eigenvalue weighted by Gasteiger charge is 2.04. The molecule has 0 aliphatic carbocycles. The van der Waals surface area contributed by atoms with Gasteiger partial charge in [0.2, 0.25) is 5.88 Å². The van der Waals surface area contributed by atoms with Crippen LogP contribution in [0.4, 0.5) is 4.39 Å². The van der Waals surface area contributed by atoms with Gasteiger partial charge in [0.1, 0.15) is 11.6 Å². The molecule has 0 bridgehead atoms. The number of nitrogens with zero attached hydrogens (tertiary/aromatic N) is 1. The molecule has 2 rings (SSSR count). The Morgan fingerprint density at radius 3 is 2.74 bits per heavy atom. The number of rotatable bonds is 4. The van der Waals surface area contributed by atoms with Crippen molar-refractivity contribution in [3.05, 3.63) is 52.9 Å². The van der Waals surface area contributed by atoms with Crippen molar-refractivity contribution in [3.8, 4) is 11.6 Å². The highest BCUT2D eigenvalue weighted by molar-refractivity contribution is 6.30. The Hall–Kier alpha value is -1.65. The van der Waals surface area contributed by atoms with Gasteiger partial charge in [0.15, 0.2) is 0 Å². The summed E-state index contributed by atoms with van der Waals surface area (Å²) in [4.78, 5) is 4.15. The van der Waals surface area contributed by atoms with Crippen molar-refractivity contribution in [1.29, 1.82) is 0 Å². The predicted octanol–water partition coefficient (Wildman–Crippen LogP) is 3.56. The lowest BCUT2D eigenvalue weighted by Crippen LogP contribution is -2.17. The molecule has 0 amide bonds. The number of nitrogens with two attached hydrogens (primary N) is 1. The van der Waals surface area contributed by atoms with Crippen molar-refractivity contribution in [2.45, 2.75) is 19.4 Å². The Morgan fingerprint density at radius 1 is 1.37 bits per heavy atom. The standard InChI is InChI=1S/C14H14ClFN2O/c1-9(17)6-10-2-5-14(18-8-10)19-11-3-4-12(15)13(16)7-11/h2-5,7-9H,6,17H2,1H3. The molecule has 0 fully saturated rings.